The van der Waals surface area contributed by atoms with Gasteiger partial charge in [-0.25, -0.2) is 0 Å². The summed E-state index contributed by atoms with van der Waals surface area (Å²) in [4.78, 5) is 16.9. The average molecular weight is 304 g/mol. The number of ether oxygens (including phenoxy) is 2. The van der Waals surface area contributed by atoms with Gasteiger partial charge in [0.25, 0.3) is 0 Å². The van der Waals surface area contributed by atoms with E-state index in [9.17, 15) is 4.79 Å². The maximum Gasteiger partial charge on any atom is 0.227 e. The number of carbonyl (C=O) groups excluding carboxylic acids is 1. The summed E-state index contributed by atoms with van der Waals surface area (Å²) in [6.45, 7) is 3.37. The average Bonchev–Trinajstić information content (AvgIpc) is 2.98. The van der Waals surface area contributed by atoms with Crippen LogP contribution in [0.5, 0.6) is 11.5 Å². The number of rotatable bonds is 3. The molecule has 1 atom stereocenters. The molecule has 1 fully saturated rings. The fraction of sp³-hybridized carbons (Fsp3) is 0.588. The van der Waals surface area contributed by atoms with Crippen LogP contribution in [-0.4, -0.2) is 56.6 Å². The van der Waals surface area contributed by atoms with Crippen molar-refractivity contribution in [3.8, 4) is 11.5 Å². The van der Waals surface area contributed by atoms with Crippen molar-refractivity contribution in [1.82, 2.24) is 9.80 Å². The summed E-state index contributed by atoms with van der Waals surface area (Å²) in [6.07, 6.45) is 1.86. The second kappa shape index (κ2) is 6.16. The van der Waals surface area contributed by atoms with Crippen LogP contribution in [0.15, 0.2) is 12.1 Å². The lowest BCUT2D eigenvalue weighted by Crippen LogP contribution is -2.40. The highest BCUT2D eigenvalue weighted by atomic mass is 16.5. The first-order valence-electron chi connectivity index (χ1n) is 7.83. The molecule has 5 heteroatoms. The normalized spacial score (nSPS) is 21.6. The number of hydrogen-bond donors (Lipinski definition) is 0. The minimum atomic E-state index is 0.159. The standard InChI is InChI=1S/C17H24N2O3/c1-18-6-4-13(10-18)17(20)19-7-5-12-8-15(21-2)16(22-3)9-14(12)11-19/h8-9,13H,4-7,10-11H2,1-3H3. The SMILES string of the molecule is COc1cc2c(cc1OC)CN(C(=O)C1CCN(C)C1)CC2. The Balaban J connectivity index is 1.77. The molecular weight excluding hydrogens is 280 g/mol. The molecule has 0 aliphatic carbocycles. The van der Waals surface area contributed by atoms with Crippen molar-refractivity contribution in [3.05, 3.63) is 23.3 Å². The van der Waals surface area contributed by atoms with E-state index in [1.54, 1.807) is 14.2 Å². The van der Waals surface area contributed by atoms with Gasteiger partial charge in [-0.3, -0.25) is 4.79 Å². The Kier molecular flexibility index (Phi) is 4.25. The van der Waals surface area contributed by atoms with Crippen molar-refractivity contribution in [3.63, 3.8) is 0 Å². The Bertz CT molecular complexity index is 573. The molecule has 0 saturated carbocycles. The Morgan fingerprint density at radius 3 is 2.41 bits per heavy atom. The number of hydrogen-bond acceptors (Lipinski definition) is 4. The highest BCUT2D eigenvalue weighted by Gasteiger charge is 2.31. The number of carbonyl (C=O) groups is 1. The zero-order valence-corrected chi connectivity index (χ0v) is 13.6. The van der Waals surface area contributed by atoms with E-state index < -0.39 is 0 Å². The Morgan fingerprint density at radius 2 is 1.82 bits per heavy atom. The predicted molar refractivity (Wildman–Crippen MR) is 84.3 cm³/mol. The molecule has 2 heterocycles. The maximum absolute atomic E-state index is 12.7. The van der Waals surface area contributed by atoms with Crippen molar-refractivity contribution in [2.45, 2.75) is 19.4 Å². The van der Waals surface area contributed by atoms with E-state index in [0.717, 1.165) is 44.0 Å². The van der Waals surface area contributed by atoms with Gasteiger partial charge < -0.3 is 19.3 Å². The van der Waals surface area contributed by atoms with Gasteiger partial charge in [-0.1, -0.05) is 0 Å². The summed E-state index contributed by atoms with van der Waals surface area (Å²) in [5.41, 5.74) is 2.42. The first-order valence-corrected chi connectivity index (χ1v) is 7.83. The van der Waals surface area contributed by atoms with Crippen LogP contribution >= 0.6 is 0 Å². The lowest BCUT2D eigenvalue weighted by Gasteiger charge is -2.31. The lowest BCUT2D eigenvalue weighted by atomic mass is 9.97. The van der Waals surface area contributed by atoms with Gasteiger partial charge in [0.1, 0.15) is 0 Å². The number of nitrogens with zero attached hydrogens (tertiary/aromatic N) is 2. The molecule has 0 aromatic heterocycles. The van der Waals surface area contributed by atoms with Gasteiger partial charge in [0, 0.05) is 19.6 Å². The molecule has 1 aromatic carbocycles. The fourth-order valence-corrected chi connectivity index (χ4v) is 3.47. The molecule has 2 aliphatic rings. The molecule has 1 unspecified atom stereocenters. The largest absolute Gasteiger partial charge is 0.493 e. The molecule has 120 valence electrons. The minimum absolute atomic E-state index is 0.159. The van der Waals surface area contributed by atoms with E-state index in [1.165, 1.54) is 11.1 Å². The number of methoxy groups -OCH3 is 2. The third-order valence-corrected chi connectivity index (χ3v) is 4.77. The zero-order valence-electron chi connectivity index (χ0n) is 13.6. The summed E-state index contributed by atoms with van der Waals surface area (Å²) in [5.74, 6) is 1.95. The first-order chi connectivity index (χ1) is 10.6. The van der Waals surface area contributed by atoms with Crippen LogP contribution in [0.4, 0.5) is 0 Å². The smallest absolute Gasteiger partial charge is 0.227 e. The molecule has 0 N–H and O–H groups in total. The topological polar surface area (TPSA) is 42.0 Å². The van der Waals surface area contributed by atoms with Crippen LogP contribution < -0.4 is 9.47 Å². The second-order valence-corrected chi connectivity index (χ2v) is 6.23. The van der Waals surface area contributed by atoms with Crippen LogP contribution in [-0.2, 0) is 17.8 Å². The molecule has 2 aliphatic heterocycles. The van der Waals surface area contributed by atoms with E-state index in [0.29, 0.717) is 12.5 Å². The van der Waals surface area contributed by atoms with E-state index >= 15 is 0 Å². The maximum atomic E-state index is 12.7. The van der Waals surface area contributed by atoms with Crippen molar-refractivity contribution in [2.24, 2.45) is 5.92 Å². The highest BCUT2D eigenvalue weighted by molar-refractivity contribution is 5.79. The molecule has 3 rings (SSSR count). The highest BCUT2D eigenvalue weighted by Crippen LogP contribution is 2.33. The number of amides is 1. The Hall–Kier alpha value is -1.75. The van der Waals surface area contributed by atoms with Crippen molar-refractivity contribution >= 4 is 5.91 Å². The van der Waals surface area contributed by atoms with Gasteiger partial charge in [-0.2, -0.15) is 0 Å². The molecule has 5 nitrogen and oxygen atoms in total. The second-order valence-electron chi connectivity index (χ2n) is 6.23. The third-order valence-electron chi connectivity index (χ3n) is 4.77. The third kappa shape index (κ3) is 2.77. The van der Waals surface area contributed by atoms with Crippen molar-refractivity contribution in [2.75, 3.05) is 40.9 Å². The summed E-state index contributed by atoms with van der Waals surface area (Å²) in [7, 11) is 5.37. The van der Waals surface area contributed by atoms with Crippen LogP contribution in [0.1, 0.15) is 17.5 Å². The molecule has 1 amide bonds. The fourth-order valence-electron chi connectivity index (χ4n) is 3.47. The quantitative estimate of drug-likeness (QED) is 0.849. The molecule has 0 bridgehead atoms. The molecule has 0 radical (unpaired) electrons. The Morgan fingerprint density at radius 1 is 1.14 bits per heavy atom. The van der Waals surface area contributed by atoms with Crippen LogP contribution in [0.3, 0.4) is 0 Å². The molecule has 0 spiro atoms. The van der Waals surface area contributed by atoms with Crippen molar-refractivity contribution in [1.29, 1.82) is 0 Å². The number of fused-ring (bicyclic) bond motifs is 1. The van der Waals surface area contributed by atoms with Gasteiger partial charge in [0.15, 0.2) is 11.5 Å². The summed E-state index contributed by atoms with van der Waals surface area (Å²) in [6, 6.07) is 4.05. The number of likely N-dealkylation sites (tertiary alicyclic amines) is 1. The van der Waals surface area contributed by atoms with Crippen LogP contribution in [0, 0.1) is 5.92 Å². The van der Waals surface area contributed by atoms with Crippen LogP contribution in [0.25, 0.3) is 0 Å². The van der Waals surface area contributed by atoms with Gasteiger partial charge in [-0.05, 0) is 49.7 Å². The van der Waals surface area contributed by atoms with Gasteiger partial charge in [-0.15, -0.1) is 0 Å². The summed E-state index contributed by atoms with van der Waals surface area (Å²) < 4.78 is 10.7. The molecular formula is C17H24N2O3. The summed E-state index contributed by atoms with van der Waals surface area (Å²) in [5, 5.41) is 0. The lowest BCUT2D eigenvalue weighted by molar-refractivity contribution is -0.136. The van der Waals surface area contributed by atoms with Gasteiger partial charge in [0.2, 0.25) is 5.91 Å². The first kappa shape index (κ1) is 15.2. The van der Waals surface area contributed by atoms with Gasteiger partial charge >= 0.3 is 0 Å². The van der Waals surface area contributed by atoms with Crippen molar-refractivity contribution < 1.29 is 14.3 Å². The Labute approximate surface area is 131 Å². The van der Waals surface area contributed by atoms with Crippen LogP contribution in [0.2, 0.25) is 0 Å². The van der Waals surface area contributed by atoms with E-state index in [-0.39, 0.29) is 5.92 Å². The number of benzene rings is 1. The van der Waals surface area contributed by atoms with E-state index in [1.807, 2.05) is 17.0 Å². The molecule has 1 saturated heterocycles. The predicted octanol–water partition coefficient (Wildman–Crippen LogP) is 1.54. The van der Waals surface area contributed by atoms with E-state index in [4.69, 9.17) is 9.47 Å². The minimum Gasteiger partial charge on any atom is -0.493 e. The molecule has 1 aromatic rings. The van der Waals surface area contributed by atoms with E-state index in [2.05, 4.69) is 11.9 Å². The zero-order chi connectivity index (χ0) is 15.7. The summed E-state index contributed by atoms with van der Waals surface area (Å²) >= 11 is 0. The molecule has 22 heavy (non-hydrogen) atoms. The van der Waals surface area contributed by atoms with Gasteiger partial charge in [0.05, 0.1) is 20.1 Å². The monoisotopic (exact) mass is 304 g/mol.